The molecule has 20 heavy (non-hydrogen) atoms. The summed E-state index contributed by atoms with van der Waals surface area (Å²) in [5, 5.41) is 8.95. The summed E-state index contributed by atoms with van der Waals surface area (Å²) in [6.07, 6.45) is 1.54. The third-order valence-corrected chi connectivity index (χ3v) is 2.78. The van der Waals surface area contributed by atoms with Crippen molar-refractivity contribution in [3.05, 3.63) is 41.2 Å². The summed E-state index contributed by atoms with van der Waals surface area (Å²) < 4.78 is 25.8. The number of nitrogens with one attached hydrogen (secondary N) is 2. The normalized spacial score (nSPS) is 10.6. The van der Waals surface area contributed by atoms with E-state index in [2.05, 4.69) is 15.5 Å². The first-order valence-electron chi connectivity index (χ1n) is 6.12. The number of hydrogen-bond acceptors (Lipinski definition) is 3. The van der Waals surface area contributed by atoms with Gasteiger partial charge in [0.2, 0.25) is 0 Å². The van der Waals surface area contributed by atoms with Gasteiger partial charge in [-0.05, 0) is 18.6 Å². The van der Waals surface area contributed by atoms with Gasteiger partial charge in [-0.25, -0.2) is 8.78 Å². The number of aromatic amines is 1. The highest BCUT2D eigenvalue weighted by molar-refractivity contribution is 6.06. The molecule has 1 aromatic carbocycles. The fourth-order valence-electron chi connectivity index (χ4n) is 1.76. The van der Waals surface area contributed by atoms with Crippen LogP contribution in [0, 0.1) is 11.6 Å². The van der Waals surface area contributed by atoms with Crippen LogP contribution in [0.15, 0.2) is 18.2 Å². The van der Waals surface area contributed by atoms with Gasteiger partial charge >= 0.3 is 0 Å². The molecular weight excluding hydrogens is 266 g/mol. The van der Waals surface area contributed by atoms with Gasteiger partial charge in [0, 0.05) is 11.8 Å². The molecule has 0 atom stereocenters. The van der Waals surface area contributed by atoms with Crippen LogP contribution in [0.3, 0.4) is 0 Å². The second kappa shape index (κ2) is 5.68. The van der Waals surface area contributed by atoms with Crippen molar-refractivity contribution in [1.29, 1.82) is 0 Å². The molecule has 106 valence electrons. The highest BCUT2D eigenvalue weighted by Crippen LogP contribution is 2.18. The smallest absolute Gasteiger partial charge is 0.278 e. The summed E-state index contributed by atoms with van der Waals surface area (Å²) in [6.45, 7) is 1.97. The van der Waals surface area contributed by atoms with Gasteiger partial charge in [-0.1, -0.05) is 13.3 Å². The van der Waals surface area contributed by atoms with Gasteiger partial charge in [-0.15, -0.1) is 0 Å². The Morgan fingerprint density at radius 1 is 1.40 bits per heavy atom. The maximum absolute atomic E-state index is 13.0. The maximum atomic E-state index is 13.0. The van der Waals surface area contributed by atoms with Crippen LogP contribution in [0.2, 0.25) is 0 Å². The number of amides is 1. The monoisotopic (exact) mass is 280 g/mol. The molecular formula is C13H14F2N4O. The number of nitrogens with two attached hydrogens (primary N) is 1. The Balaban J connectivity index is 2.17. The number of rotatable bonds is 4. The van der Waals surface area contributed by atoms with E-state index in [-0.39, 0.29) is 17.1 Å². The topological polar surface area (TPSA) is 83.8 Å². The Hall–Kier alpha value is -2.44. The van der Waals surface area contributed by atoms with Crippen LogP contribution < -0.4 is 11.1 Å². The quantitative estimate of drug-likeness (QED) is 0.804. The molecule has 0 aliphatic heterocycles. The number of H-pyrrole nitrogens is 1. The molecule has 0 saturated carbocycles. The van der Waals surface area contributed by atoms with E-state index in [1.807, 2.05) is 6.92 Å². The second-order valence-electron chi connectivity index (χ2n) is 4.30. The minimum absolute atomic E-state index is 0.0400. The highest BCUT2D eigenvalue weighted by atomic mass is 19.2. The Labute approximate surface area is 114 Å². The van der Waals surface area contributed by atoms with E-state index in [0.717, 1.165) is 18.6 Å². The lowest BCUT2D eigenvalue weighted by molar-refractivity contribution is 0.102. The van der Waals surface area contributed by atoms with Crippen LogP contribution in [0.4, 0.5) is 20.2 Å². The number of anilines is 2. The van der Waals surface area contributed by atoms with Gasteiger partial charge in [0.1, 0.15) is 0 Å². The molecule has 0 radical (unpaired) electrons. The van der Waals surface area contributed by atoms with Gasteiger partial charge in [0.25, 0.3) is 5.91 Å². The van der Waals surface area contributed by atoms with Crippen molar-refractivity contribution >= 4 is 17.3 Å². The van der Waals surface area contributed by atoms with Crippen LogP contribution in [0.25, 0.3) is 0 Å². The molecule has 0 saturated heterocycles. The Kier molecular flexibility index (Phi) is 3.97. The van der Waals surface area contributed by atoms with Crippen molar-refractivity contribution in [3.8, 4) is 0 Å². The van der Waals surface area contributed by atoms with Crippen molar-refractivity contribution in [3.63, 3.8) is 0 Å². The minimum atomic E-state index is -1.04. The summed E-state index contributed by atoms with van der Waals surface area (Å²) in [5.41, 5.74) is 6.94. The Morgan fingerprint density at radius 3 is 2.80 bits per heavy atom. The maximum Gasteiger partial charge on any atom is 0.278 e. The van der Waals surface area contributed by atoms with Crippen molar-refractivity contribution in [2.75, 3.05) is 11.1 Å². The number of aromatic nitrogens is 2. The summed E-state index contributed by atoms with van der Waals surface area (Å²) in [4.78, 5) is 12.0. The van der Waals surface area contributed by atoms with Crippen molar-refractivity contribution in [1.82, 2.24) is 10.2 Å². The number of halogens is 2. The largest absolute Gasteiger partial charge is 0.395 e. The van der Waals surface area contributed by atoms with Gasteiger partial charge in [0.05, 0.1) is 11.4 Å². The van der Waals surface area contributed by atoms with Crippen LogP contribution in [-0.2, 0) is 6.42 Å². The highest BCUT2D eigenvalue weighted by Gasteiger charge is 2.17. The van der Waals surface area contributed by atoms with Crippen LogP contribution in [-0.4, -0.2) is 16.1 Å². The van der Waals surface area contributed by atoms with Gasteiger partial charge in [0.15, 0.2) is 17.3 Å². The SMILES string of the molecule is CCCc1[nH]nc(C(=O)Nc2ccc(F)c(F)c2)c1N. The zero-order chi connectivity index (χ0) is 14.7. The average Bonchev–Trinajstić information content (AvgIpc) is 2.76. The number of nitrogens with zero attached hydrogens (tertiary/aromatic N) is 1. The summed E-state index contributed by atoms with van der Waals surface area (Å²) in [6, 6.07) is 3.08. The molecule has 0 aliphatic carbocycles. The number of benzene rings is 1. The first kappa shape index (κ1) is 14.0. The van der Waals surface area contributed by atoms with E-state index >= 15 is 0 Å². The van der Waals surface area contributed by atoms with Gasteiger partial charge in [-0.3, -0.25) is 9.89 Å². The minimum Gasteiger partial charge on any atom is -0.395 e. The summed E-state index contributed by atoms with van der Waals surface area (Å²) in [5.74, 6) is -2.59. The summed E-state index contributed by atoms with van der Waals surface area (Å²) in [7, 11) is 0. The van der Waals surface area contributed by atoms with Crippen LogP contribution >= 0.6 is 0 Å². The molecule has 1 aromatic heterocycles. The number of carbonyl (C=O) groups excluding carboxylic acids is 1. The molecule has 0 spiro atoms. The van der Waals surface area contributed by atoms with Crippen molar-refractivity contribution < 1.29 is 13.6 Å². The predicted molar refractivity (Wildman–Crippen MR) is 71.3 cm³/mol. The zero-order valence-corrected chi connectivity index (χ0v) is 10.8. The number of carbonyl (C=O) groups is 1. The lowest BCUT2D eigenvalue weighted by atomic mass is 10.2. The average molecular weight is 280 g/mol. The molecule has 2 aromatic rings. The van der Waals surface area contributed by atoms with Crippen molar-refractivity contribution in [2.24, 2.45) is 0 Å². The lowest BCUT2D eigenvalue weighted by Gasteiger charge is -2.04. The molecule has 0 unspecified atom stereocenters. The third kappa shape index (κ3) is 2.76. The fourth-order valence-corrected chi connectivity index (χ4v) is 1.76. The Morgan fingerprint density at radius 2 is 2.15 bits per heavy atom. The summed E-state index contributed by atoms with van der Waals surface area (Å²) >= 11 is 0. The van der Waals surface area contributed by atoms with E-state index in [1.54, 1.807) is 0 Å². The van der Waals surface area contributed by atoms with E-state index in [4.69, 9.17) is 5.73 Å². The van der Waals surface area contributed by atoms with Crippen LogP contribution in [0.5, 0.6) is 0 Å². The lowest BCUT2D eigenvalue weighted by Crippen LogP contribution is -2.14. The van der Waals surface area contributed by atoms with Gasteiger partial charge in [-0.2, -0.15) is 5.10 Å². The first-order valence-corrected chi connectivity index (χ1v) is 6.12. The fraction of sp³-hybridized carbons (Fsp3) is 0.231. The van der Waals surface area contributed by atoms with E-state index in [9.17, 15) is 13.6 Å². The van der Waals surface area contributed by atoms with Gasteiger partial charge < -0.3 is 11.1 Å². The number of hydrogen-bond donors (Lipinski definition) is 3. The molecule has 1 heterocycles. The molecule has 0 fully saturated rings. The zero-order valence-electron chi connectivity index (χ0n) is 10.8. The van der Waals surface area contributed by atoms with E-state index in [0.29, 0.717) is 12.1 Å². The molecule has 4 N–H and O–H groups in total. The van der Waals surface area contributed by atoms with E-state index in [1.165, 1.54) is 6.07 Å². The number of nitrogen functional groups attached to an aromatic ring is 1. The molecule has 5 nitrogen and oxygen atoms in total. The molecule has 0 aliphatic rings. The molecule has 7 heteroatoms. The van der Waals surface area contributed by atoms with Crippen LogP contribution in [0.1, 0.15) is 29.5 Å². The molecule has 0 bridgehead atoms. The predicted octanol–water partition coefficient (Wildman–Crippen LogP) is 2.47. The molecule has 2 rings (SSSR count). The Bertz CT molecular complexity index is 639. The van der Waals surface area contributed by atoms with Crippen molar-refractivity contribution in [2.45, 2.75) is 19.8 Å². The standard InChI is InChI=1S/C13H14F2N4O/c1-2-3-10-11(16)12(19-18-10)13(20)17-7-4-5-8(14)9(15)6-7/h4-6H,2-3,16H2,1H3,(H,17,20)(H,18,19). The number of aryl methyl sites for hydroxylation is 1. The first-order chi connectivity index (χ1) is 9.52. The second-order valence-corrected chi connectivity index (χ2v) is 4.30. The molecule has 1 amide bonds. The van der Waals surface area contributed by atoms with E-state index < -0.39 is 17.5 Å². The third-order valence-electron chi connectivity index (χ3n) is 2.78.